The molecule has 0 aliphatic carbocycles. The van der Waals surface area contributed by atoms with Gasteiger partial charge in [0.25, 0.3) is 5.91 Å². The summed E-state index contributed by atoms with van der Waals surface area (Å²) >= 11 is 5.64. The highest BCUT2D eigenvalue weighted by molar-refractivity contribution is 6.29. The quantitative estimate of drug-likeness (QED) is 0.875. The number of halogens is 1. The van der Waals surface area contributed by atoms with Gasteiger partial charge in [-0.2, -0.15) is 0 Å². The molecule has 0 aliphatic heterocycles. The van der Waals surface area contributed by atoms with Gasteiger partial charge in [0.15, 0.2) is 0 Å². The second-order valence-corrected chi connectivity index (χ2v) is 4.50. The Morgan fingerprint density at radius 2 is 2.11 bits per heavy atom. The third-order valence-corrected chi connectivity index (χ3v) is 2.18. The van der Waals surface area contributed by atoms with Crippen LogP contribution in [-0.4, -0.2) is 46.3 Å². The molecular weight excluding hydrogens is 256 g/mol. The average Bonchev–Trinajstić information content (AvgIpc) is 2.26. The lowest BCUT2D eigenvalue weighted by Crippen LogP contribution is -2.41. The number of carbonyl (C=O) groups is 2. The van der Waals surface area contributed by atoms with Crippen molar-refractivity contribution in [2.24, 2.45) is 0 Å². The SMILES string of the molecule is CC(C)NC(=O)CN(C)C(=O)c1cncc(Cl)n1. The van der Waals surface area contributed by atoms with Crippen molar-refractivity contribution in [3.63, 3.8) is 0 Å². The van der Waals surface area contributed by atoms with Crippen LogP contribution >= 0.6 is 11.6 Å². The van der Waals surface area contributed by atoms with Crippen molar-refractivity contribution in [3.8, 4) is 0 Å². The van der Waals surface area contributed by atoms with E-state index in [9.17, 15) is 9.59 Å². The van der Waals surface area contributed by atoms with Crippen LogP contribution in [0.4, 0.5) is 0 Å². The smallest absolute Gasteiger partial charge is 0.274 e. The fraction of sp³-hybridized carbons (Fsp3) is 0.455. The van der Waals surface area contributed by atoms with Crippen LogP contribution in [0, 0.1) is 0 Å². The Hall–Kier alpha value is -1.69. The largest absolute Gasteiger partial charge is 0.352 e. The Bertz CT molecular complexity index is 450. The van der Waals surface area contributed by atoms with Gasteiger partial charge in [-0.1, -0.05) is 11.6 Å². The summed E-state index contributed by atoms with van der Waals surface area (Å²) in [7, 11) is 1.52. The topological polar surface area (TPSA) is 75.2 Å². The zero-order valence-electron chi connectivity index (χ0n) is 10.5. The standard InChI is InChI=1S/C11H15ClN4O2/c1-7(2)14-10(17)6-16(3)11(18)8-4-13-5-9(12)15-8/h4-5,7H,6H2,1-3H3,(H,14,17). The lowest BCUT2D eigenvalue weighted by molar-refractivity contribution is -0.122. The molecule has 0 fully saturated rings. The highest BCUT2D eigenvalue weighted by Crippen LogP contribution is 2.04. The summed E-state index contributed by atoms with van der Waals surface area (Å²) in [6, 6.07) is 0.0342. The first-order chi connectivity index (χ1) is 8.40. The van der Waals surface area contributed by atoms with Crippen molar-refractivity contribution >= 4 is 23.4 Å². The second kappa shape index (κ2) is 6.30. The Labute approximate surface area is 110 Å². The molecule has 7 heteroatoms. The average molecular weight is 271 g/mol. The summed E-state index contributed by atoms with van der Waals surface area (Å²) in [4.78, 5) is 32.3. The van der Waals surface area contributed by atoms with Gasteiger partial charge in [0.2, 0.25) is 5.91 Å². The third-order valence-electron chi connectivity index (χ3n) is 2.00. The molecule has 1 heterocycles. The summed E-state index contributed by atoms with van der Waals surface area (Å²) in [5, 5.41) is 2.84. The van der Waals surface area contributed by atoms with E-state index in [-0.39, 0.29) is 29.3 Å². The van der Waals surface area contributed by atoms with Crippen LogP contribution in [-0.2, 0) is 4.79 Å². The molecule has 98 valence electrons. The van der Waals surface area contributed by atoms with Crippen LogP contribution in [0.1, 0.15) is 24.3 Å². The zero-order chi connectivity index (χ0) is 13.7. The van der Waals surface area contributed by atoms with Crippen molar-refractivity contribution in [2.75, 3.05) is 13.6 Å². The molecule has 1 rings (SSSR count). The molecule has 0 aromatic carbocycles. The number of amides is 2. The molecule has 0 unspecified atom stereocenters. The first kappa shape index (κ1) is 14.4. The Morgan fingerprint density at radius 1 is 1.44 bits per heavy atom. The van der Waals surface area contributed by atoms with Gasteiger partial charge in [-0.25, -0.2) is 4.98 Å². The van der Waals surface area contributed by atoms with E-state index in [1.54, 1.807) is 0 Å². The van der Waals surface area contributed by atoms with E-state index >= 15 is 0 Å². The van der Waals surface area contributed by atoms with Gasteiger partial charge in [-0.05, 0) is 13.8 Å². The first-order valence-electron chi connectivity index (χ1n) is 5.42. The number of aromatic nitrogens is 2. The van der Waals surface area contributed by atoms with Gasteiger partial charge in [0.1, 0.15) is 10.8 Å². The summed E-state index contributed by atoms with van der Waals surface area (Å²) in [6.45, 7) is 3.66. The summed E-state index contributed by atoms with van der Waals surface area (Å²) in [6.07, 6.45) is 2.65. The minimum absolute atomic E-state index is 0.0342. The van der Waals surface area contributed by atoms with Gasteiger partial charge in [-0.15, -0.1) is 0 Å². The maximum absolute atomic E-state index is 11.9. The van der Waals surface area contributed by atoms with Gasteiger partial charge >= 0.3 is 0 Å². The molecule has 1 aromatic rings. The van der Waals surface area contributed by atoms with E-state index in [1.165, 1.54) is 24.3 Å². The highest BCUT2D eigenvalue weighted by Gasteiger charge is 2.17. The normalized spacial score (nSPS) is 10.3. The molecular formula is C11H15ClN4O2. The molecule has 0 saturated carbocycles. The molecule has 0 atom stereocenters. The fourth-order valence-electron chi connectivity index (χ4n) is 1.30. The predicted octanol–water partition coefficient (Wildman–Crippen LogP) is 0.727. The van der Waals surface area contributed by atoms with Gasteiger partial charge in [0.05, 0.1) is 18.9 Å². The fourth-order valence-corrected chi connectivity index (χ4v) is 1.44. The molecule has 0 radical (unpaired) electrons. The molecule has 0 bridgehead atoms. The van der Waals surface area contributed by atoms with Crippen LogP contribution in [0.5, 0.6) is 0 Å². The molecule has 18 heavy (non-hydrogen) atoms. The van der Waals surface area contributed by atoms with E-state index in [0.717, 1.165) is 0 Å². The van der Waals surface area contributed by atoms with Crippen LogP contribution in [0.3, 0.4) is 0 Å². The monoisotopic (exact) mass is 270 g/mol. The van der Waals surface area contributed by atoms with Crippen molar-refractivity contribution in [1.82, 2.24) is 20.2 Å². The summed E-state index contributed by atoms with van der Waals surface area (Å²) < 4.78 is 0. The van der Waals surface area contributed by atoms with Gasteiger partial charge < -0.3 is 10.2 Å². The number of hydrogen-bond donors (Lipinski definition) is 1. The van der Waals surface area contributed by atoms with Crippen molar-refractivity contribution in [2.45, 2.75) is 19.9 Å². The van der Waals surface area contributed by atoms with Gasteiger partial charge in [0, 0.05) is 13.1 Å². The molecule has 1 aromatic heterocycles. The van der Waals surface area contributed by atoms with Crippen LogP contribution in [0.25, 0.3) is 0 Å². The number of carbonyl (C=O) groups excluding carboxylic acids is 2. The lowest BCUT2D eigenvalue weighted by atomic mass is 10.3. The Balaban J connectivity index is 2.64. The summed E-state index contributed by atoms with van der Waals surface area (Å²) in [5.74, 6) is -0.625. The van der Waals surface area contributed by atoms with Crippen molar-refractivity contribution in [3.05, 3.63) is 23.2 Å². The van der Waals surface area contributed by atoms with E-state index in [2.05, 4.69) is 15.3 Å². The summed E-state index contributed by atoms with van der Waals surface area (Å²) in [5.41, 5.74) is 0.113. The number of nitrogens with zero attached hydrogens (tertiary/aromatic N) is 3. The number of nitrogens with one attached hydrogen (secondary N) is 1. The molecule has 0 saturated heterocycles. The molecule has 6 nitrogen and oxygen atoms in total. The van der Waals surface area contributed by atoms with Crippen LogP contribution in [0.2, 0.25) is 5.15 Å². The zero-order valence-corrected chi connectivity index (χ0v) is 11.2. The number of hydrogen-bond acceptors (Lipinski definition) is 4. The van der Waals surface area contributed by atoms with E-state index < -0.39 is 5.91 Å². The lowest BCUT2D eigenvalue weighted by Gasteiger charge is -2.17. The van der Waals surface area contributed by atoms with E-state index in [1.807, 2.05) is 13.8 Å². The van der Waals surface area contributed by atoms with Gasteiger partial charge in [-0.3, -0.25) is 14.6 Å². The highest BCUT2D eigenvalue weighted by atomic mass is 35.5. The Morgan fingerprint density at radius 3 is 2.67 bits per heavy atom. The van der Waals surface area contributed by atoms with Crippen LogP contribution < -0.4 is 5.32 Å². The van der Waals surface area contributed by atoms with E-state index in [0.29, 0.717) is 0 Å². The minimum atomic E-state index is -0.399. The number of rotatable bonds is 4. The molecule has 2 amide bonds. The Kier molecular flexibility index (Phi) is 5.03. The maximum Gasteiger partial charge on any atom is 0.274 e. The maximum atomic E-state index is 11.9. The second-order valence-electron chi connectivity index (χ2n) is 4.11. The number of likely N-dealkylation sites (N-methyl/N-ethyl adjacent to an activating group) is 1. The van der Waals surface area contributed by atoms with Crippen LogP contribution in [0.15, 0.2) is 12.4 Å². The van der Waals surface area contributed by atoms with Crippen molar-refractivity contribution in [1.29, 1.82) is 0 Å². The van der Waals surface area contributed by atoms with E-state index in [4.69, 9.17) is 11.6 Å². The molecule has 0 aliphatic rings. The molecule has 0 spiro atoms. The minimum Gasteiger partial charge on any atom is -0.352 e. The first-order valence-corrected chi connectivity index (χ1v) is 5.80. The third kappa shape index (κ3) is 4.29. The predicted molar refractivity (Wildman–Crippen MR) is 67.3 cm³/mol. The van der Waals surface area contributed by atoms with Crippen molar-refractivity contribution < 1.29 is 9.59 Å². The molecule has 1 N–H and O–H groups in total.